The van der Waals surface area contributed by atoms with E-state index in [-0.39, 0.29) is 5.95 Å². The number of nitrogens with zero attached hydrogens (tertiary/aromatic N) is 4. The van der Waals surface area contributed by atoms with Crippen LogP contribution in [0.1, 0.15) is 11.1 Å². The van der Waals surface area contributed by atoms with Gasteiger partial charge in [0.25, 0.3) is 0 Å². The minimum absolute atomic E-state index is 0.135. The first-order chi connectivity index (χ1) is 9.71. The van der Waals surface area contributed by atoms with E-state index in [1.807, 2.05) is 18.2 Å². The highest BCUT2D eigenvalue weighted by atomic mass is 15.0. The predicted octanol–water partition coefficient (Wildman–Crippen LogP) is 1.95. The Morgan fingerprint density at radius 3 is 2.40 bits per heavy atom. The van der Waals surface area contributed by atoms with E-state index in [1.54, 1.807) is 18.3 Å². The first-order valence-corrected chi connectivity index (χ1v) is 5.77. The van der Waals surface area contributed by atoms with Crippen molar-refractivity contribution in [2.75, 3.05) is 5.73 Å². The predicted molar refractivity (Wildman–Crippen MR) is 73.2 cm³/mol. The molecule has 2 heterocycles. The van der Waals surface area contributed by atoms with Gasteiger partial charge in [-0.05, 0) is 24.3 Å². The SMILES string of the molecule is N#Cc1cc(C#N)cc(-c2nc(N)nc3[nH]ccc23)c1. The molecule has 0 amide bonds. The minimum atomic E-state index is 0.135. The third-order valence-electron chi connectivity index (χ3n) is 2.90. The quantitative estimate of drug-likeness (QED) is 0.693. The number of anilines is 1. The van der Waals surface area contributed by atoms with E-state index in [9.17, 15) is 0 Å². The van der Waals surface area contributed by atoms with Crippen molar-refractivity contribution in [2.45, 2.75) is 0 Å². The van der Waals surface area contributed by atoms with E-state index < -0.39 is 0 Å². The van der Waals surface area contributed by atoms with E-state index in [4.69, 9.17) is 16.3 Å². The molecule has 0 aliphatic rings. The molecule has 0 saturated heterocycles. The average Bonchev–Trinajstić information content (AvgIpc) is 2.93. The Bertz CT molecular complexity index is 862. The van der Waals surface area contributed by atoms with E-state index in [0.717, 1.165) is 5.39 Å². The summed E-state index contributed by atoms with van der Waals surface area (Å²) in [5.74, 6) is 0.135. The first kappa shape index (κ1) is 11.7. The molecule has 0 radical (unpaired) electrons. The van der Waals surface area contributed by atoms with Gasteiger partial charge in [0, 0.05) is 17.1 Å². The van der Waals surface area contributed by atoms with Crippen LogP contribution in [-0.4, -0.2) is 15.0 Å². The van der Waals surface area contributed by atoms with E-state index in [1.165, 1.54) is 6.07 Å². The van der Waals surface area contributed by atoms with Gasteiger partial charge in [0.15, 0.2) is 0 Å². The molecule has 0 saturated carbocycles. The number of H-pyrrole nitrogens is 1. The fourth-order valence-corrected chi connectivity index (χ4v) is 2.07. The molecular formula is C14H8N6. The fraction of sp³-hybridized carbons (Fsp3) is 0. The maximum Gasteiger partial charge on any atom is 0.222 e. The Morgan fingerprint density at radius 1 is 1.05 bits per heavy atom. The molecule has 3 N–H and O–H groups in total. The average molecular weight is 260 g/mol. The third-order valence-corrected chi connectivity index (χ3v) is 2.90. The lowest BCUT2D eigenvalue weighted by Crippen LogP contribution is -1.98. The molecule has 0 bridgehead atoms. The molecule has 20 heavy (non-hydrogen) atoms. The van der Waals surface area contributed by atoms with Crippen LogP contribution in [0.4, 0.5) is 5.95 Å². The van der Waals surface area contributed by atoms with Gasteiger partial charge in [0.05, 0.1) is 29.0 Å². The molecule has 6 nitrogen and oxygen atoms in total. The number of fused-ring (bicyclic) bond motifs is 1. The number of nitrogens with two attached hydrogens (primary N) is 1. The van der Waals surface area contributed by atoms with Crippen molar-refractivity contribution < 1.29 is 0 Å². The monoisotopic (exact) mass is 260 g/mol. The summed E-state index contributed by atoms with van der Waals surface area (Å²) in [4.78, 5) is 11.3. The summed E-state index contributed by atoms with van der Waals surface area (Å²) in [6.45, 7) is 0. The molecule has 0 atom stereocenters. The highest BCUT2D eigenvalue weighted by Crippen LogP contribution is 2.27. The van der Waals surface area contributed by atoms with E-state index in [2.05, 4.69) is 15.0 Å². The molecule has 94 valence electrons. The summed E-state index contributed by atoms with van der Waals surface area (Å²) in [6.07, 6.45) is 1.74. The molecular weight excluding hydrogens is 252 g/mol. The smallest absolute Gasteiger partial charge is 0.222 e. The van der Waals surface area contributed by atoms with Crippen molar-refractivity contribution in [3.8, 4) is 23.4 Å². The van der Waals surface area contributed by atoms with Crippen LogP contribution in [0.25, 0.3) is 22.3 Å². The number of nitrogen functional groups attached to an aromatic ring is 1. The molecule has 3 rings (SSSR count). The minimum Gasteiger partial charge on any atom is -0.368 e. The number of nitrogens with one attached hydrogen (secondary N) is 1. The summed E-state index contributed by atoms with van der Waals surface area (Å²) in [7, 11) is 0. The van der Waals surface area contributed by atoms with E-state index in [0.29, 0.717) is 28.0 Å². The maximum atomic E-state index is 9.03. The van der Waals surface area contributed by atoms with Crippen LogP contribution >= 0.6 is 0 Å². The van der Waals surface area contributed by atoms with Crippen LogP contribution in [-0.2, 0) is 0 Å². The number of nitriles is 2. The summed E-state index contributed by atoms with van der Waals surface area (Å²) in [5, 5.41) is 18.9. The molecule has 0 aliphatic heterocycles. The normalized spacial score (nSPS) is 10.1. The van der Waals surface area contributed by atoms with Crippen LogP contribution in [0.3, 0.4) is 0 Å². The van der Waals surface area contributed by atoms with Crippen molar-refractivity contribution in [1.29, 1.82) is 10.5 Å². The summed E-state index contributed by atoms with van der Waals surface area (Å²) in [5.41, 5.74) is 8.38. The van der Waals surface area contributed by atoms with Gasteiger partial charge in [-0.3, -0.25) is 0 Å². The second-order valence-electron chi connectivity index (χ2n) is 4.19. The Labute approximate surface area is 114 Å². The summed E-state index contributed by atoms with van der Waals surface area (Å²) < 4.78 is 0. The number of hydrogen-bond acceptors (Lipinski definition) is 5. The Balaban J connectivity index is 2.34. The van der Waals surface area contributed by atoms with Gasteiger partial charge in [0.1, 0.15) is 5.65 Å². The van der Waals surface area contributed by atoms with Crippen molar-refractivity contribution >= 4 is 17.0 Å². The maximum absolute atomic E-state index is 9.03. The van der Waals surface area contributed by atoms with E-state index >= 15 is 0 Å². The van der Waals surface area contributed by atoms with Gasteiger partial charge < -0.3 is 10.7 Å². The zero-order chi connectivity index (χ0) is 14.1. The van der Waals surface area contributed by atoms with Crippen molar-refractivity contribution in [1.82, 2.24) is 15.0 Å². The second kappa shape index (κ2) is 4.38. The molecule has 3 aromatic rings. The lowest BCUT2D eigenvalue weighted by Gasteiger charge is -2.05. The molecule has 0 unspecified atom stereocenters. The van der Waals surface area contributed by atoms with Crippen LogP contribution in [0.5, 0.6) is 0 Å². The highest BCUT2D eigenvalue weighted by Gasteiger charge is 2.11. The molecule has 0 fully saturated rings. The molecule has 0 aliphatic carbocycles. The van der Waals surface area contributed by atoms with Gasteiger partial charge >= 0.3 is 0 Å². The number of aromatic nitrogens is 3. The standard InChI is InChI=1S/C14H8N6/c15-6-8-3-9(7-16)5-10(4-8)12-11-1-2-18-13(11)20-14(17)19-12/h1-5H,(H3,17,18,19,20). The second-order valence-corrected chi connectivity index (χ2v) is 4.19. The first-order valence-electron chi connectivity index (χ1n) is 5.77. The van der Waals surface area contributed by atoms with Crippen LogP contribution in [0, 0.1) is 22.7 Å². The Kier molecular flexibility index (Phi) is 2.56. The Hall–Kier alpha value is -3.38. The van der Waals surface area contributed by atoms with Crippen LogP contribution < -0.4 is 5.73 Å². The molecule has 0 spiro atoms. The zero-order valence-electron chi connectivity index (χ0n) is 10.3. The summed E-state index contributed by atoms with van der Waals surface area (Å²) in [6, 6.07) is 10.8. The van der Waals surface area contributed by atoms with Crippen LogP contribution in [0.2, 0.25) is 0 Å². The van der Waals surface area contributed by atoms with Gasteiger partial charge in [0.2, 0.25) is 5.95 Å². The summed E-state index contributed by atoms with van der Waals surface area (Å²) >= 11 is 0. The lowest BCUT2D eigenvalue weighted by molar-refractivity contribution is 1.22. The van der Waals surface area contributed by atoms with Gasteiger partial charge in [-0.15, -0.1) is 0 Å². The number of hydrogen-bond donors (Lipinski definition) is 2. The Morgan fingerprint density at radius 2 is 1.75 bits per heavy atom. The fourth-order valence-electron chi connectivity index (χ4n) is 2.07. The van der Waals surface area contributed by atoms with Crippen molar-refractivity contribution in [2.24, 2.45) is 0 Å². The zero-order valence-corrected chi connectivity index (χ0v) is 10.3. The van der Waals surface area contributed by atoms with Crippen LogP contribution in [0.15, 0.2) is 30.5 Å². The third kappa shape index (κ3) is 1.82. The molecule has 2 aromatic heterocycles. The molecule has 1 aromatic carbocycles. The van der Waals surface area contributed by atoms with Gasteiger partial charge in [-0.25, -0.2) is 4.98 Å². The lowest BCUT2D eigenvalue weighted by atomic mass is 10.0. The highest BCUT2D eigenvalue weighted by molar-refractivity contribution is 5.91. The number of rotatable bonds is 1. The number of benzene rings is 1. The molecule has 6 heteroatoms. The van der Waals surface area contributed by atoms with Crippen molar-refractivity contribution in [3.63, 3.8) is 0 Å². The number of aromatic amines is 1. The van der Waals surface area contributed by atoms with Gasteiger partial charge in [-0.1, -0.05) is 0 Å². The topological polar surface area (TPSA) is 115 Å². The largest absolute Gasteiger partial charge is 0.368 e. The van der Waals surface area contributed by atoms with Gasteiger partial charge in [-0.2, -0.15) is 15.5 Å². The van der Waals surface area contributed by atoms with Crippen molar-refractivity contribution in [3.05, 3.63) is 41.6 Å².